The third-order valence-electron chi connectivity index (χ3n) is 2.91. The Morgan fingerprint density at radius 1 is 1.05 bits per heavy atom. The largest absolute Gasteiger partial charge is 0.508 e. The number of benzene rings is 1. The average molecular weight is 280 g/mol. The lowest BCUT2D eigenvalue weighted by molar-refractivity contribution is -0.122. The minimum Gasteiger partial charge on any atom is -0.508 e. The summed E-state index contributed by atoms with van der Waals surface area (Å²) in [5, 5.41) is 9.25. The van der Waals surface area contributed by atoms with Crippen LogP contribution in [-0.4, -0.2) is 39.9 Å². The summed E-state index contributed by atoms with van der Waals surface area (Å²) in [7, 11) is 0. The van der Waals surface area contributed by atoms with Crippen molar-refractivity contribution in [3.63, 3.8) is 0 Å². The first-order chi connectivity index (χ1) is 10.1. The van der Waals surface area contributed by atoms with Gasteiger partial charge in [-0.25, -0.2) is 9.69 Å². The van der Waals surface area contributed by atoms with Crippen molar-refractivity contribution in [1.82, 2.24) is 9.80 Å². The molecule has 0 atom stereocenters. The predicted molar refractivity (Wildman–Crippen MR) is 77.6 cm³/mol. The lowest BCUT2D eigenvalue weighted by Gasteiger charge is -2.12. The van der Waals surface area contributed by atoms with Gasteiger partial charge in [-0.1, -0.05) is 24.0 Å². The molecule has 5 nitrogen and oxygen atoms in total. The van der Waals surface area contributed by atoms with Gasteiger partial charge in [0.05, 0.1) is 13.1 Å². The van der Waals surface area contributed by atoms with E-state index in [1.165, 1.54) is 23.1 Å². The first-order valence-corrected chi connectivity index (χ1v) is 6.09. The lowest BCUT2D eigenvalue weighted by atomic mass is 10.1. The Bertz CT molecular complexity index is 690. The van der Waals surface area contributed by atoms with Crippen molar-refractivity contribution in [3.05, 3.63) is 35.5 Å². The Morgan fingerprint density at radius 3 is 2.19 bits per heavy atom. The first kappa shape index (κ1) is 14.2. The zero-order valence-corrected chi connectivity index (χ0v) is 11.1. The number of carbonyl (C=O) groups excluding carboxylic acids is 2. The molecule has 21 heavy (non-hydrogen) atoms. The standard InChI is InChI=1S/C16H12N2O3/c1-3-9-17-14(11-12-5-7-13(19)8-6-12)15(20)18(10-4-2)16(17)21/h1-2,5-8,11,19H,9-10H2/b14-11-. The van der Waals surface area contributed by atoms with Gasteiger partial charge in [0.15, 0.2) is 0 Å². The summed E-state index contributed by atoms with van der Waals surface area (Å²) in [4.78, 5) is 26.5. The van der Waals surface area contributed by atoms with E-state index in [1.54, 1.807) is 12.1 Å². The van der Waals surface area contributed by atoms with Gasteiger partial charge in [-0.15, -0.1) is 12.8 Å². The third kappa shape index (κ3) is 2.72. The molecule has 1 saturated heterocycles. The molecule has 0 aliphatic carbocycles. The number of amides is 3. The van der Waals surface area contributed by atoms with E-state index in [9.17, 15) is 14.7 Å². The number of phenols is 1. The fraction of sp³-hybridized carbons (Fsp3) is 0.125. The number of nitrogens with zero attached hydrogens (tertiary/aromatic N) is 2. The van der Waals surface area contributed by atoms with Crippen molar-refractivity contribution >= 4 is 18.0 Å². The van der Waals surface area contributed by atoms with Crippen LogP contribution in [0.2, 0.25) is 0 Å². The molecule has 1 aliphatic rings. The van der Waals surface area contributed by atoms with E-state index in [0.717, 1.165) is 4.90 Å². The Kier molecular flexibility index (Phi) is 3.97. The molecule has 1 fully saturated rings. The van der Waals surface area contributed by atoms with Crippen LogP contribution in [0.4, 0.5) is 4.79 Å². The van der Waals surface area contributed by atoms with Crippen LogP contribution in [0.15, 0.2) is 30.0 Å². The number of phenolic OH excluding ortho intramolecular Hbond substituents is 1. The maximum absolute atomic E-state index is 12.2. The molecule has 1 N–H and O–H groups in total. The van der Waals surface area contributed by atoms with E-state index >= 15 is 0 Å². The molecular weight excluding hydrogens is 268 g/mol. The van der Waals surface area contributed by atoms with Crippen molar-refractivity contribution in [2.75, 3.05) is 13.1 Å². The van der Waals surface area contributed by atoms with Crippen LogP contribution in [0.25, 0.3) is 6.08 Å². The summed E-state index contributed by atoms with van der Waals surface area (Å²) in [5.41, 5.74) is 0.826. The zero-order chi connectivity index (χ0) is 15.4. The second-order valence-corrected chi connectivity index (χ2v) is 4.29. The van der Waals surface area contributed by atoms with Gasteiger partial charge >= 0.3 is 6.03 Å². The van der Waals surface area contributed by atoms with E-state index in [4.69, 9.17) is 12.8 Å². The molecule has 0 spiro atoms. The molecule has 0 unspecified atom stereocenters. The summed E-state index contributed by atoms with van der Waals surface area (Å²) in [5.74, 6) is 4.24. The van der Waals surface area contributed by atoms with Crippen LogP contribution in [0.1, 0.15) is 5.56 Å². The Morgan fingerprint density at radius 2 is 1.62 bits per heavy atom. The van der Waals surface area contributed by atoms with Crippen LogP contribution in [0.5, 0.6) is 5.75 Å². The van der Waals surface area contributed by atoms with Crippen LogP contribution >= 0.6 is 0 Å². The summed E-state index contributed by atoms with van der Waals surface area (Å²) in [6.07, 6.45) is 11.9. The number of rotatable bonds is 3. The van der Waals surface area contributed by atoms with Crippen molar-refractivity contribution in [1.29, 1.82) is 0 Å². The van der Waals surface area contributed by atoms with Gasteiger partial charge in [-0.05, 0) is 23.8 Å². The molecule has 5 heteroatoms. The topological polar surface area (TPSA) is 60.9 Å². The van der Waals surface area contributed by atoms with Crippen LogP contribution in [0.3, 0.4) is 0 Å². The van der Waals surface area contributed by atoms with Gasteiger partial charge in [-0.2, -0.15) is 0 Å². The van der Waals surface area contributed by atoms with E-state index in [2.05, 4.69) is 11.8 Å². The second-order valence-electron chi connectivity index (χ2n) is 4.29. The summed E-state index contributed by atoms with van der Waals surface area (Å²) in [6, 6.07) is 5.69. The Balaban J connectivity index is 2.41. The van der Waals surface area contributed by atoms with Gasteiger partial charge < -0.3 is 5.11 Å². The highest BCUT2D eigenvalue weighted by molar-refractivity contribution is 6.14. The maximum atomic E-state index is 12.2. The van der Waals surface area contributed by atoms with Crippen molar-refractivity contribution in [2.24, 2.45) is 0 Å². The van der Waals surface area contributed by atoms with Gasteiger partial charge in [0, 0.05) is 0 Å². The molecule has 1 aliphatic heterocycles. The summed E-state index contributed by atoms with van der Waals surface area (Å²) >= 11 is 0. The maximum Gasteiger partial charge on any atom is 0.333 e. The molecule has 104 valence electrons. The SMILES string of the molecule is C#CCN1C(=O)/C(=C/c2ccc(O)cc2)N(CC#C)C1=O. The number of aromatic hydroxyl groups is 1. The normalized spacial score (nSPS) is 16.2. The zero-order valence-electron chi connectivity index (χ0n) is 11.1. The Labute approximate surface area is 122 Å². The average Bonchev–Trinajstić information content (AvgIpc) is 2.68. The molecule has 1 heterocycles. The lowest BCUT2D eigenvalue weighted by Crippen LogP contribution is -2.33. The van der Waals surface area contributed by atoms with Crippen LogP contribution in [-0.2, 0) is 4.79 Å². The van der Waals surface area contributed by atoms with E-state index < -0.39 is 11.9 Å². The number of urea groups is 1. The first-order valence-electron chi connectivity index (χ1n) is 6.09. The molecule has 0 aromatic heterocycles. The van der Waals surface area contributed by atoms with Crippen molar-refractivity contribution in [3.8, 4) is 30.4 Å². The monoisotopic (exact) mass is 280 g/mol. The summed E-state index contributed by atoms with van der Waals surface area (Å²) in [6.45, 7) is -0.124. The van der Waals surface area contributed by atoms with Gasteiger partial charge in [0.1, 0.15) is 11.4 Å². The minimum atomic E-state index is -0.527. The molecule has 3 amide bonds. The molecule has 0 radical (unpaired) electrons. The molecular formula is C16H12N2O3. The number of carbonyl (C=O) groups is 2. The highest BCUT2D eigenvalue weighted by Crippen LogP contribution is 2.23. The molecule has 1 aromatic carbocycles. The van der Waals surface area contributed by atoms with Gasteiger partial charge in [-0.3, -0.25) is 9.69 Å². The highest BCUT2D eigenvalue weighted by atomic mass is 16.3. The van der Waals surface area contributed by atoms with Crippen LogP contribution < -0.4 is 0 Å². The molecule has 1 aromatic rings. The fourth-order valence-electron chi connectivity index (χ4n) is 1.93. The number of imide groups is 1. The predicted octanol–water partition coefficient (Wildman–Crippen LogP) is 1.26. The summed E-state index contributed by atoms with van der Waals surface area (Å²) < 4.78 is 0. The minimum absolute atomic E-state index is 0.0183. The van der Waals surface area contributed by atoms with Gasteiger partial charge in [0.2, 0.25) is 0 Å². The van der Waals surface area contributed by atoms with Crippen LogP contribution in [0, 0.1) is 24.7 Å². The van der Waals surface area contributed by atoms with E-state index in [0.29, 0.717) is 5.56 Å². The van der Waals surface area contributed by atoms with E-state index in [1.807, 2.05) is 0 Å². The second kappa shape index (κ2) is 5.85. The molecule has 2 rings (SSSR count). The highest BCUT2D eigenvalue weighted by Gasteiger charge is 2.39. The molecule has 0 bridgehead atoms. The van der Waals surface area contributed by atoms with Crippen molar-refractivity contribution in [2.45, 2.75) is 0 Å². The number of terminal acetylenes is 2. The number of hydrogen-bond donors (Lipinski definition) is 1. The smallest absolute Gasteiger partial charge is 0.333 e. The fourth-order valence-corrected chi connectivity index (χ4v) is 1.93. The number of hydrogen-bond acceptors (Lipinski definition) is 3. The Hall–Kier alpha value is -3.18. The van der Waals surface area contributed by atoms with E-state index in [-0.39, 0.29) is 24.5 Å². The van der Waals surface area contributed by atoms with Crippen molar-refractivity contribution < 1.29 is 14.7 Å². The third-order valence-corrected chi connectivity index (χ3v) is 2.91. The quantitative estimate of drug-likeness (QED) is 0.515. The molecule has 0 saturated carbocycles. The van der Waals surface area contributed by atoms with Gasteiger partial charge in [0.25, 0.3) is 5.91 Å².